The molecule has 1 atom stereocenters. The second kappa shape index (κ2) is 29.0. The Hall–Kier alpha value is -4.15. The van der Waals surface area contributed by atoms with Crippen molar-refractivity contribution < 1.29 is 29.3 Å². The fraction of sp³-hybridized carbons (Fsp3) is 0.500. The molecule has 1 heterocycles. The van der Waals surface area contributed by atoms with Crippen LogP contribution in [0, 0.1) is 12.8 Å². The van der Waals surface area contributed by atoms with E-state index in [1.54, 1.807) is 6.92 Å². The van der Waals surface area contributed by atoms with E-state index in [1.807, 2.05) is 6.08 Å². The smallest absolute Gasteiger partial charge is 0.328 e. The second-order valence-corrected chi connectivity index (χ2v) is 11.2. The van der Waals surface area contributed by atoms with Crippen molar-refractivity contribution in [2.45, 2.75) is 90.5 Å². The Morgan fingerprint density at radius 1 is 0.792 bits per heavy atom. The normalized spacial score (nSPS) is 12.9. The lowest BCUT2D eigenvalue weighted by molar-refractivity contribution is -0.148. The summed E-state index contributed by atoms with van der Waals surface area (Å²) in [7, 11) is 0. The number of amides is 2. The maximum atomic E-state index is 12.7. The number of aliphatic hydroxyl groups excluding tert-OH is 2. The molecular formula is C38H56N4O6. The number of ether oxygens (including phenoxy) is 1. The topological polar surface area (TPSA) is 151 Å². The van der Waals surface area contributed by atoms with E-state index in [2.05, 4.69) is 94.4 Å². The van der Waals surface area contributed by atoms with E-state index in [0.717, 1.165) is 38.5 Å². The van der Waals surface area contributed by atoms with E-state index in [-0.39, 0.29) is 37.8 Å². The molecule has 0 aliphatic heterocycles. The van der Waals surface area contributed by atoms with Crippen LogP contribution in [0.3, 0.4) is 0 Å². The number of aliphatic hydroxyl groups is 2. The quantitative estimate of drug-likeness (QED) is 0.0552. The van der Waals surface area contributed by atoms with Crippen molar-refractivity contribution in [3.8, 4) is 0 Å². The molecule has 10 nitrogen and oxygen atoms in total. The number of hydrogen-bond acceptors (Lipinski definition) is 8. The third-order valence-corrected chi connectivity index (χ3v) is 6.96. The van der Waals surface area contributed by atoms with E-state index in [4.69, 9.17) is 4.74 Å². The zero-order valence-electron chi connectivity index (χ0n) is 28.8. The number of carbonyl (C=O) groups excluding carboxylic acids is 3. The van der Waals surface area contributed by atoms with Gasteiger partial charge in [0.25, 0.3) is 5.91 Å². The number of aryl methyl sites for hydroxylation is 1. The van der Waals surface area contributed by atoms with Crippen LogP contribution in [0.1, 0.15) is 93.7 Å². The van der Waals surface area contributed by atoms with Crippen LogP contribution in [0.5, 0.6) is 0 Å². The van der Waals surface area contributed by atoms with Crippen molar-refractivity contribution >= 4 is 17.8 Å². The van der Waals surface area contributed by atoms with E-state index < -0.39 is 23.8 Å². The Kier molecular flexibility index (Phi) is 25.3. The van der Waals surface area contributed by atoms with E-state index >= 15 is 0 Å². The van der Waals surface area contributed by atoms with Crippen LogP contribution in [0.4, 0.5) is 0 Å². The highest BCUT2D eigenvalue weighted by Gasteiger charge is 2.24. The van der Waals surface area contributed by atoms with Gasteiger partial charge >= 0.3 is 5.97 Å². The number of esters is 1. The lowest BCUT2D eigenvalue weighted by Crippen LogP contribution is -2.43. The number of aromatic nitrogens is 2. The Bertz CT molecular complexity index is 1200. The first-order valence-corrected chi connectivity index (χ1v) is 17.1. The van der Waals surface area contributed by atoms with Crippen LogP contribution in [0.2, 0.25) is 0 Å². The first kappa shape index (κ1) is 41.9. The molecular weight excluding hydrogens is 608 g/mol. The van der Waals surface area contributed by atoms with Gasteiger partial charge in [-0.1, -0.05) is 79.8 Å². The molecule has 4 N–H and O–H groups in total. The van der Waals surface area contributed by atoms with Gasteiger partial charge in [0.15, 0.2) is 0 Å². The number of carbonyl (C=O) groups is 3. The van der Waals surface area contributed by atoms with E-state index in [0.29, 0.717) is 37.9 Å². The van der Waals surface area contributed by atoms with Crippen molar-refractivity contribution in [1.29, 1.82) is 0 Å². The number of nitrogens with zero attached hydrogens (tertiary/aromatic N) is 2. The molecule has 0 aliphatic rings. The SMILES string of the molecule is CCC=CCC=CCC=CCC=CCC=CCC=CCCC(=O)NCCCCC(NC(=O)c1cnc(C)cn1)C(=O)OCC(CO)CO. The molecule has 10 heteroatoms. The van der Waals surface area contributed by atoms with Crippen LogP contribution < -0.4 is 10.6 Å². The predicted molar refractivity (Wildman–Crippen MR) is 191 cm³/mol. The summed E-state index contributed by atoms with van der Waals surface area (Å²) in [6.07, 6.45) is 36.8. The zero-order chi connectivity index (χ0) is 35.1. The summed E-state index contributed by atoms with van der Waals surface area (Å²) in [5.41, 5.74) is 0.724. The number of allylic oxidation sites excluding steroid dienone is 12. The number of nitrogens with one attached hydrogen (secondary N) is 2. The first-order chi connectivity index (χ1) is 23.4. The summed E-state index contributed by atoms with van der Waals surface area (Å²) in [5, 5.41) is 24.0. The van der Waals surface area contributed by atoms with Gasteiger partial charge in [-0.15, -0.1) is 0 Å². The summed E-state index contributed by atoms with van der Waals surface area (Å²) in [5.74, 6) is -1.88. The fourth-order valence-corrected chi connectivity index (χ4v) is 4.10. The molecule has 0 fully saturated rings. The summed E-state index contributed by atoms with van der Waals surface area (Å²) in [4.78, 5) is 45.6. The predicted octanol–water partition coefficient (Wildman–Crippen LogP) is 5.79. The maximum absolute atomic E-state index is 12.7. The molecule has 264 valence electrons. The second-order valence-electron chi connectivity index (χ2n) is 11.2. The van der Waals surface area contributed by atoms with Crippen LogP contribution in [0.15, 0.2) is 85.3 Å². The van der Waals surface area contributed by atoms with Gasteiger partial charge in [-0.05, 0) is 71.1 Å². The summed E-state index contributed by atoms with van der Waals surface area (Å²) in [6, 6.07) is -0.956. The van der Waals surface area contributed by atoms with Gasteiger partial charge < -0.3 is 25.6 Å². The molecule has 0 bridgehead atoms. The lowest BCUT2D eigenvalue weighted by Gasteiger charge is -2.19. The zero-order valence-corrected chi connectivity index (χ0v) is 28.8. The van der Waals surface area contributed by atoms with Gasteiger partial charge in [-0.25, -0.2) is 9.78 Å². The molecule has 0 aliphatic carbocycles. The van der Waals surface area contributed by atoms with Gasteiger partial charge in [-0.3, -0.25) is 14.6 Å². The average molecular weight is 665 g/mol. The van der Waals surface area contributed by atoms with E-state index in [9.17, 15) is 24.6 Å². The minimum absolute atomic E-state index is 0.0456. The van der Waals surface area contributed by atoms with Crippen LogP contribution in [-0.4, -0.2) is 70.4 Å². The van der Waals surface area contributed by atoms with Crippen molar-refractivity contribution in [2.24, 2.45) is 5.92 Å². The number of rotatable bonds is 26. The Balaban J connectivity index is 2.25. The lowest BCUT2D eigenvalue weighted by atomic mass is 10.1. The van der Waals surface area contributed by atoms with Gasteiger partial charge in [-0.2, -0.15) is 0 Å². The Morgan fingerprint density at radius 2 is 1.35 bits per heavy atom. The van der Waals surface area contributed by atoms with Crippen molar-refractivity contribution in [2.75, 3.05) is 26.4 Å². The molecule has 2 amide bonds. The molecule has 0 saturated carbocycles. The standard InChI is InChI=1S/C38H56N4O6/c1-3-4-5-6-7-8-9-10-11-12-13-14-15-16-17-18-19-20-21-25-36(45)39-26-23-22-24-34(38(47)48-31-33(29-43)30-44)42-37(46)35-28-40-32(2)27-41-35/h4-5,7-8,10-11,13-14,16-17,19-20,27-28,33-34,43-44H,3,6,9,12,15,18,21-26,29-31H2,1-2H3,(H,39,45)(H,42,46). The van der Waals surface area contributed by atoms with Gasteiger partial charge in [0.05, 0.1) is 31.7 Å². The van der Waals surface area contributed by atoms with Crippen molar-refractivity contribution in [3.05, 3.63) is 96.7 Å². The Labute approximate surface area is 286 Å². The van der Waals surface area contributed by atoms with Gasteiger partial charge in [0.1, 0.15) is 11.7 Å². The molecule has 0 radical (unpaired) electrons. The van der Waals surface area contributed by atoms with Crippen LogP contribution in [0.25, 0.3) is 0 Å². The minimum atomic E-state index is -0.956. The number of unbranched alkanes of at least 4 members (excludes halogenated alkanes) is 1. The molecule has 1 unspecified atom stereocenters. The fourth-order valence-electron chi connectivity index (χ4n) is 4.10. The molecule has 0 saturated heterocycles. The molecule has 1 rings (SSSR count). The highest BCUT2D eigenvalue weighted by atomic mass is 16.5. The van der Waals surface area contributed by atoms with Crippen LogP contribution >= 0.6 is 0 Å². The molecule has 1 aromatic heterocycles. The molecule has 48 heavy (non-hydrogen) atoms. The summed E-state index contributed by atoms with van der Waals surface area (Å²) < 4.78 is 5.23. The minimum Gasteiger partial charge on any atom is -0.464 e. The molecule has 1 aromatic rings. The molecule has 0 aromatic carbocycles. The van der Waals surface area contributed by atoms with Crippen molar-refractivity contribution in [1.82, 2.24) is 20.6 Å². The van der Waals surface area contributed by atoms with Gasteiger partial charge in [0, 0.05) is 25.1 Å². The summed E-state index contributed by atoms with van der Waals surface area (Å²) >= 11 is 0. The first-order valence-electron chi connectivity index (χ1n) is 17.1. The van der Waals surface area contributed by atoms with E-state index in [1.165, 1.54) is 12.4 Å². The third kappa shape index (κ3) is 22.4. The third-order valence-electron chi connectivity index (χ3n) is 6.96. The summed E-state index contributed by atoms with van der Waals surface area (Å²) in [6.45, 7) is 3.49. The highest BCUT2D eigenvalue weighted by Crippen LogP contribution is 2.07. The monoisotopic (exact) mass is 664 g/mol. The van der Waals surface area contributed by atoms with Gasteiger partial charge in [0.2, 0.25) is 5.91 Å². The maximum Gasteiger partial charge on any atom is 0.328 e. The highest BCUT2D eigenvalue weighted by molar-refractivity contribution is 5.94. The van der Waals surface area contributed by atoms with Crippen molar-refractivity contribution in [3.63, 3.8) is 0 Å². The largest absolute Gasteiger partial charge is 0.464 e. The average Bonchev–Trinajstić information content (AvgIpc) is 3.09. The van der Waals surface area contributed by atoms with Crippen LogP contribution in [-0.2, 0) is 14.3 Å². The number of hydrogen-bond donors (Lipinski definition) is 4. The Morgan fingerprint density at radius 3 is 1.88 bits per heavy atom. The molecule has 0 spiro atoms.